The van der Waals surface area contributed by atoms with Crippen LogP contribution in [0.3, 0.4) is 0 Å². The Balaban J connectivity index is 1.53. The van der Waals surface area contributed by atoms with Crippen molar-refractivity contribution in [3.8, 4) is 5.75 Å². The molecule has 1 fully saturated rings. The zero-order valence-electron chi connectivity index (χ0n) is 24.4. The number of hydrogen-bond donors (Lipinski definition) is 2. The molecule has 238 valence electrons. The average molecular weight is 630 g/mol. The van der Waals surface area contributed by atoms with Crippen LogP contribution in [0.4, 0.5) is 27.6 Å². The molecule has 1 atom stereocenters. The number of aromatic hydroxyl groups is 1. The maximum Gasteiger partial charge on any atom is 0.416 e. The summed E-state index contributed by atoms with van der Waals surface area (Å²) in [6.45, 7) is 2.33. The van der Waals surface area contributed by atoms with Gasteiger partial charge in [-0.25, -0.2) is 13.6 Å². The fourth-order valence-corrected chi connectivity index (χ4v) is 5.68. The van der Waals surface area contributed by atoms with Gasteiger partial charge in [0.05, 0.1) is 18.7 Å². The second-order valence-electron chi connectivity index (χ2n) is 11.0. The molecule has 1 saturated heterocycles. The van der Waals surface area contributed by atoms with Gasteiger partial charge in [-0.15, -0.1) is 0 Å². The molecular formula is C32H32F5N5O3. The van der Waals surface area contributed by atoms with Crippen molar-refractivity contribution >= 4 is 5.69 Å². The van der Waals surface area contributed by atoms with E-state index in [0.717, 1.165) is 27.3 Å². The van der Waals surface area contributed by atoms with Gasteiger partial charge in [-0.3, -0.25) is 18.8 Å². The van der Waals surface area contributed by atoms with Gasteiger partial charge in [0.15, 0.2) is 11.6 Å². The minimum atomic E-state index is -4.88. The number of alkyl halides is 3. The zero-order valence-corrected chi connectivity index (χ0v) is 24.4. The largest absolute Gasteiger partial charge is 0.505 e. The molecule has 0 radical (unpaired) electrons. The summed E-state index contributed by atoms with van der Waals surface area (Å²) in [4.78, 5) is 31.5. The van der Waals surface area contributed by atoms with Gasteiger partial charge in [-0.05, 0) is 42.3 Å². The Morgan fingerprint density at radius 1 is 0.867 bits per heavy atom. The van der Waals surface area contributed by atoms with E-state index in [4.69, 9.17) is 5.73 Å². The molecule has 3 aromatic carbocycles. The summed E-state index contributed by atoms with van der Waals surface area (Å²) in [6, 6.07) is 14.7. The third kappa shape index (κ3) is 6.79. The van der Waals surface area contributed by atoms with Crippen molar-refractivity contribution in [2.45, 2.75) is 38.8 Å². The second-order valence-corrected chi connectivity index (χ2v) is 11.0. The van der Waals surface area contributed by atoms with E-state index in [0.29, 0.717) is 43.9 Å². The molecule has 0 spiro atoms. The Kier molecular flexibility index (Phi) is 9.12. The van der Waals surface area contributed by atoms with Crippen LogP contribution in [0, 0.1) is 18.6 Å². The number of phenols is 1. The molecule has 0 bridgehead atoms. The van der Waals surface area contributed by atoms with E-state index in [1.165, 1.54) is 19.1 Å². The summed E-state index contributed by atoms with van der Waals surface area (Å²) in [7, 11) is 0. The summed E-state index contributed by atoms with van der Waals surface area (Å²) in [5, 5.41) is 9.47. The Hall–Kier alpha value is -4.49. The maximum atomic E-state index is 14.9. The zero-order chi connectivity index (χ0) is 32.5. The molecule has 8 nitrogen and oxygen atoms in total. The van der Waals surface area contributed by atoms with Gasteiger partial charge in [0.2, 0.25) is 0 Å². The molecule has 0 saturated carbocycles. The summed E-state index contributed by atoms with van der Waals surface area (Å²) in [5.74, 6) is -2.31. The van der Waals surface area contributed by atoms with Crippen molar-refractivity contribution in [2.75, 3.05) is 31.1 Å². The summed E-state index contributed by atoms with van der Waals surface area (Å²) in [5.41, 5.74) is 4.37. The number of piperazine rings is 1. The highest BCUT2D eigenvalue weighted by Gasteiger charge is 2.35. The number of benzene rings is 3. The third-order valence-electron chi connectivity index (χ3n) is 8.11. The molecule has 5 rings (SSSR count). The quantitative estimate of drug-likeness (QED) is 0.281. The van der Waals surface area contributed by atoms with E-state index in [1.807, 2.05) is 4.90 Å². The van der Waals surface area contributed by atoms with Gasteiger partial charge in [-0.1, -0.05) is 42.5 Å². The highest BCUT2D eigenvalue weighted by molar-refractivity contribution is 5.50. The van der Waals surface area contributed by atoms with Crippen LogP contribution < -0.4 is 21.9 Å². The molecular weight excluding hydrogens is 597 g/mol. The lowest BCUT2D eigenvalue weighted by Crippen LogP contribution is -2.51. The van der Waals surface area contributed by atoms with Crippen LogP contribution in [-0.4, -0.2) is 45.3 Å². The van der Waals surface area contributed by atoms with Crippen LogP contribution >= 0.6 is 0 Å². The Morgan fingerprint density at radius 3 is 2.20 bits per heavy atom. The molecule has 2 heterocycles. The number of phenolic OH excluding ortho intramolecular Hbond substituents is 1. The predicted molar refractivity (Wildman–Crippen MR) is 159 cm³/mol. The van der Waals surface area contributed by atoms with E-state index in [2.05, 4.69) is 0 Å². The van der Waals surface area contributed by atoms with E-state index >= 15 is 0 Å². The first-order chi connectivity index (χ1) is 21.3. The number of rotatable bonds is 8. The van der Waals surface area contributed by atoms with Crippen LogP contribution in [0.2, 0.25) is 0 Å². The van der Waals surface area contributed by atoms with Crippen molar-refractivity contribution in [1.29, 1.82) is 0 Å². The molecule has 4 aromatic rings. The number of nitrogens with zero attached hydrogens (tertiary/aromatic N) is 4. The number of anilines is 1. The van der Waals surface area contributed by atoms with E-state index in [1.54, 1.807) is 41.3 Å². The van der Waals surface area contributed by atoms with Crippen LogP contribution in [0.5, 0.6) is 5.75 Å². The average Bonchev–Trinajstić information content (AvgIpc) is 3.00. The highest BCUT2D eigenvalue weighted by Crippen LogP contribution is 2.33. The normalized spacial score (nSPS) is 15.0. The van der Waals surface area contributed by atoms with Gasteiger partial charge < -0.3 is 15.7 Å². The number of aromatic nitrogens is 2. The Bertz CT molecular complexity index is 1800. The van der Waals surface area contributed by atoms with Crippen molar-refractivity contribution in [2.24, 2.45) is 5.73 Å². The van der Waals surface area contributed by atoms with Crippen LogP contribution in [0.15, 0.2) is 76.3 Å². The third-order valence-corrected chi connectivity index (χ3v) is 8.11. The minimum Gasteiger partial charge on any atom is -0.505 e. The van der Waals surface area contributed by atoms with Gasteiger partial charge in [0, 0.05) is 50.0 Å². The fraction of sp³-hybridized carbons (Fsp3) is 0.312. The lowest BCUT2D eigenvalue weighted by Gasteiger charge is -2.37. The standard InChI is InChI=1S/C32H32F5N5O3/c1-20-29(40-14-12-39(13-15-40)17-21-10-11-28(43)26(34)16-21)30(44)42(19-27(38)22-6-3-2-4-7-22)31(45)41(20)18-23-24(32(35,36)37)8-5-9-25(23)33/h2-11,16,27,43H,12-15,17-19,38H2,1H3/t27-/m1/s1. The molecule has 0 aliphatic carbocycles. The van der Waals surface area contributed by atoms with Gasteiger partial charge in [0.1, 0.15) is 11.5 Å². The fourth-order valence-electron chi connectivity index (χ4n) is 5.68. The predicted octanol–water partition coefficient (Wildman–Crippen LogP) is 4.39. The highest BCUT2D eigenvalue weighted by atomic mass is 19.4. The van der Waals surface area contributed by atoms with Crippen molar-refractivity contribution in [1.82, 2.24) is 14.0 Å². The first-order valence-electron chi connectivity index (χ1n) is 14.3. The second kappa shape index (κ2) is 12.9. The number of nitrogens with two attached hydrogens (primary N) is 1. The van der Waals surface area contributed by atoms with Gasteiger partial charge in [0.25, 0.3) is 5.56 Å². The number of hydrogen-bond acceptors (Lipinski definition) is 6. The van der Waals surface area contributed by atoms with E-state index in [9.17, 15) is 36.6 Å². The SMILES string of the molecule is Cc1c(N2CCN(Cc3ccc(O)c(F)c3)CC2)c(=O)n(C[C@@H](N)c2ccccc2)c(=O)n1Cc1c(F)cccc1C(F)(F)F. The summed E-state index contributed by atoms with van der Waals surface area (Å²) < 4.78 is 72.3. The lowest BCUT2D eigenvalue weighted by molar-refractivity contribution is -0.138. The van der Waals surface area contributed by atoms with Crippen molar-refractivity contribution < 1.29 is 27.1 Å². The molecule has 45 heavy (non-hydrogen) atoms. The molecule has 0 unspecified atom stereocenters. The summed E-state index contributed by atoms with van der Waals surface area (Å²) >= 11 is 0. The molecule has 1 aliphatic rings. The monoisotopic (exact) mass is 629 g/mol. The Labute approximate surface area is 255 Å². The van der Waals surface area contributed by atoms with Crippen LogP contribution in [-0.2, 0) is 25.8 Å². The topological polar surface area (TPSA) is 96.7 Å². The lowest BCUT2D eigenvalue weighted by atomic mass is 10.1. The van der Waals surface area contributed by atoms with Crippen molar-refractivity contribution in [3.05, 3.63) is 127 Å². The minimum absolute atomic E-state index is 0.0972. The molecule has 1 aliphatic heterocycles. The first-order valence-corrected chi connectivity index (χ1v) is 14.3. The van der Waals surface area contributed by atoms with E-state index in [-0.39, 0.29) is 17.9 Å². The van der Waals surface area contributed by atoms with Gasteiger partial charge >= 0.3 is 11.9 Å². The van der Waals surface area contributed by atoms with Crippen molar-refractivity contribution in [3.63, 3.8) is 0 Å². The molecule has 1 aromatic heterocycles. The smallest absolute Gasteiger partial charge is 0.416 e. The Morgan fingerprint density at radius 2 is 1.56 bits per heavy atom. The number of halogens is 5. The van der Waals surface area contributed by atoms with E-state index < -0.39 is 58.5 Å². The molecule has 3 N–H and O–H groups in total. The first kappa shape index (κ1) is 31.9. The van der Waals surface area contributed by atoms with Crippen LogP contribution in [0.1, 0.15) is 34.0 Å². The summed E-state index contributed by atoms with van der Waals surface area (Å²) in [6.07, 6.45) is -4.88. The molecule has 0 amide bonds. The van der Waals surface area contributed by atoms with Gasteiger partial charge in [-0.2, -0.15) is 13.2 Å². The van der Waals surface area contributed by atoms with Crippen LogP contribution in [0.25, 0.3) is 0 Å². The maximum absolute atomic E-state index is 14.9. The molecule has 13 heteroatoms.